The molecule has 0 saturated heterocycles. The number of benzene rings is 1. The Labute approximate surface area is 122 Å². The summed E-state index contributed by atoms with van der Waals surface area (Å²) in [5.41, 5.74) is 0.882. The Kier molecular flexibility index (Phi) is 4.52. The van der Waals surface area contributed by atoms with Crippen LogP contribution in [0.5, 0.6) is 11.5 Å². The van der Waals surface area contributed by atoms with Crippen molar-refractivity contribution in [3.05, 3.63) is 34.4 Å². The standard InChI is InChI=1S/C13H16N4O2S/c1-4-19-11-6-5-10(7-12(11)18-3)8-14-17-9(2)15-16-13(17)20/h5-8H,4H2,1-3H3,(H,16,20)/b14-8-. The zero-order chi connectivity index (χ0) is 14.5. The van der Waals surface area contributed by atoms with Crippen LogP contribution in [0, 0.1) is 11.7 Å². The fourth-order valence-corrected chi connectivity index (χ4v) is 1.89. The lowest BCUT2D eigenvalue weighted by molar-refractivity contribution is 0.311. The molecule has 7 heteroatoms. The molecular weight excluding hydrogens is 276 g/mol. The molecule has 2 aromatic rings. The van der Waals surface area contributed by atoms with Crippen molar-refractivity contribution in [3.63, 3.8) is 0 Å². The van der Waals surface area contributed by atoms with Gasteiger partial charge in [0.15, 0.2) is 11.5 Å². The number of H-pyrrole nitrogens is 1. The van der Waals surface area contributed by atoms with E-state index in [4.69, 9.17) is 21.7 Å². The zero-order valence-corrected chi connectivity index (χ0v) is 12.4. The predicted octanol–water partition coefficient (Wildman–Crippen LogP) is 2.54. The summed E-state index contributed by atoms with van der Waals surface area (Å²) >= 11 is 5.08. The molecule has 2 rings (SSSR count). The van der Waals surface area contributed by atoms with Crippen LogP contribution in [0.15, 0.2) is 23.3 Å². The number of hydrogen-bond acceptors (Lipinski definition) is 5. The maximum Gasteiger partial charge on any atom is 0.216 e. The normalized spacial score (nSPS) is 10.9. The maximum absolute atomic E-state index is 5.47. The van der Waals surface area contributed by atoms with Gasteiger partial charge in [-0.1, -0.05) is 0 Å². The van der Waals surface area contributed by atoms with E-state index in [1.54, 1.807) is 18.0 Å². The Balaban J connectivity index is 2.28. The summed E-state index contributed by atoms with van der Waals surface area (Å²) in [5.74, 6) is 2.08. The number of methoxy groups -OCH3 is 1. The first-order valence-electron chi connectivity index (χ1n) is 6.15. The third-order valence-corrected chi connectivity index (χ3v) is 2.89. The number of aromatic amines is 1. The van der Waals surface area contributed by atoms with Crippen LogP contribution in [0.2, 0.25) is 0 Å². The van der Waals surface area contributed by atoms with Crippen LogP contribution in [0.1, 0.15) is 18.3 Å². The summed E-state index contributed by atoms with van der Waals surface area (Å²) in [6.45, 7) is 4.34. The van der Waals surface area contributed by atoms with Crippen molar-refractivity contribution in [2.75, 3.05) is 13.7 Å². The van der Waals surface area contributed by atoms with E-state index in [0.29, 0.717) is 28.7 Å². The van der Waals surface area contributed by atoms with Gasteiger partial charge in [0.1, 0.15) is 5.82 Å². The van der Waals surface area contributed by atoms with E-state index in [1.807, 2.05) is 32.0 Å². The Bertz CT molecular complexity index is 675. The molecule has 20 heavy (non-hydrogen) atoms. The smallest absolute Gasteiger partial charge is 0.216 e. The van der Waals surface area contributed by atoms with Crippen LogP contribution in [0.4, 0.5) is 0 Å². The van der Waals surface area contributed by atoms with Crippen LogP contribution in [-0.4, -0.2) is 34.8 Å². The van der Waals surface area contributed by atoms with Crippen LogP contribution >= 0.6 is 12.2 Å². The van der Waals surface area contributed by atoms with Crippen molar-refractivity contribution in [3.8, 4) is 11.5 Å². The van der Waals surface area contributed by atoms with E-state index in [1.165, 1.54) is 0 Å². The SMILES string of the molecule is CCOc1ccc(/C=N\n2c(C)n[nH]c2=S)cc1OC. The van der Waals surface area contributed by atoms with Crippen molar-refractivity contribution in [2.24, 2.45) is 5.10 Å². The number of hydrogen-bond donors (Lipinski definition) is 1. The fraction of sp³-hybridized carbons (Fsp3) is 0.308. The molecule has 0 aliphatic heterocycles. The van der Waals surface area contributed by atoms with Gasteiger partial charge in [0.2, 0.25) is 4.77 Å². The topological polar surface area (TPSA) is 64.4 Å². The minimum absolute atomic E-state index is 0.455. The molecule has 1 N–H and O–H groups in total. The molecule has 0 radical (unpaired) electrons. The average molecular weight is 292 g/mol. The van der Waals surface area contributed by atoms with Gasteiger partial charge in [-0.15, -0.1) is 0 Å². The Hall–Kier alpha value is -2.15. The van der Waals surface area contributed by atoms with E-state index in [9.17, 15) is 0 Å². The second kappa shape index (κ2) is 6.33. The van der Waals surface area contributed by atoms with Gasteiger partial charge in [-0.3, -0.25) is 5.10 Å². The van der Waals surface area contributed by atoms with Gasteiger partial charge in [0.05, 0.1) is 19.9 Å². The lowest BCUT2D eigenvalue weighted by atomic mass is 10.2. The molecule has 0 unspecified atom stereocenters. The van der Waals surface area contributed by atoms with Crippen molar-refractivity contribution < 1.29 is 9.47 Å². The third kappa shape index (κ3) is 3.05. The maximum atomic E-state index is 5.47. The Morgan fingerprint density at radius 2 is 2.25 bits per heavy atom. The lowest BCUT2D eigenvalue weighted by Gasteiger charge is -2.09. The number of aryl methyl sites for hydroxylation is 1. The molecule has 106 valence electrons. The second-order valence-electron chi connectivity index (χ2n) is 3.98. The minimum Gasteiger partial charge on any atom is -0.493 e. The summed E-state index contributed by atoms with van der Waals surface area (Å²) in [6.07, 6.45) is 1.69. The molecular formula is C13H16N4O2S. The van der Waals surface area contributed by atoms with Crippen LogP contribution < -0.4 is 9.47 Å². The molecule has 0 saturated carbocycles. The monoisotopic (exact) mass is 292 g/mol. The van der Waals surface area contributed by atoms with Gasteiger partial charge in [-0.25, -0.2) is 0 Å². The van der Waals surface area contributed by atoms with Crippen LogP contribution in [0.25, 0.3) is 0 Å². The first kappa shape index (κ1) is 14.3. The third-order valence-electron chi connectivity index (χ3n) is 2.62. The molecule has 1 aromatic heterocycles. The zero-order valence-electron chi connectivity index (χ0n) is 11.6. The van der Waals surface area contributed by atoms with E-state index in [0.717, 1.165) is 5.56 Å². The largest absolute Gasteiger partial charge is 0.493 e. The van der Waals surface area contributed by atoms with E-state index < -0.39 is 0 Å². The van der Waals surface area contributed by atoms with Gasteiger partial charge in [-0.05, 0) is 49.8 Å². The van der Waals surface area contributed by atoms with E-state index in [-0.39, 0.29) is 0 Å². The predicted molar refractivity (Wildman–Crippen MR) is 79.3 cm³/mol. The highest BCUT2D eigenvalue weighted by atomic mass is 32.1. The van der Waals surface area contributed by atoms with Gasteiger partial charge < -0.3 is 9.47 Å². The minimum atomic E-state index is 0.455. The molecule has 6 nitrogen and oxygen atoms in total. The molecule has 0 fully saturated rings. The summed E-state index contributed by atoms with van der Waals surface area (Å²) in [7, 11) is 1.61. The van der Waals surface area contributed by atoms with Crippen molar-refractivity contribution >= 4 is 18.4 Å². The second-order valence-corrected chi connectivity index (χ2v) is 4.36. The molecule has 1 heterocycles. The molecule has 1 aromatic carbocycles. The number of nitrogens with zero attached hydrogens (tertiary/aromatic N) is 3. The molecule has 0 amide bonds. The quantitative estimate of drug-likeness (QED) is 0.679. The van der Waals surface area contributed by atoms with Gasteiger partial charge in [0, 0.05) is 0 Å². The Morgan fingerprint density at radius 1 is 1.45 bits per heavy atom. The summed E-state index contributed by atoms with van der Waals surface area (Å²) in [5, 5.41) is 11.0. The fourth-order valence-electron chi connectivity index (χ4n) is 1.67. The molecule has 0 aliphatic carbocycles. The summed E-state index contributed by atoms with van der Waals surface area (Å²) in [6, 6.07) is 5.61. The summed E-state index contributed by atoms with van der Waals surface area (Å²) < 4.78 is 12.8. The molecule has 0 aliphatic rings. The highest BCUT2D eigenvalue weighted by Crippen LogP contribution is 2.27. The number of rotatable bonds is 5. The van der Waals surface area contributed by atoms with Crippen LogP contribution in [0.3, 0.4) is 0 Å². The van der Waals surface area contributed by atoms with Crippen molar-refractivity contribution in [2.45, 2.75) is 13.8 Å². The van der Waals surface area contributed by atoms with Gasteiger partial charge >= 0.3 is 0 Å². The van der Waals surface area contributed by atoms with E-state index in [2.05, 4.69) is 15.3 Å². The molecule has 0 atom stereocenters. The number of aromatic nitrogens is 3. The first-order valence-corrected chi connectivity index (χ1v) is 6.55. The number of nitrogens with one attached hydrogen (secondary N) is 1. The first-order chi connectivity index (χ1) is 9.65. The van der Waals surface area contributed by atoms with Gasteiger partial charge in [0.25, 0.3) is 0 Å². The van der Waals surface area contributed by atoms with Gasteiger partial charge in [-0.2, -0.15) is 14.9 Å². The molecule has 0 spiro atoms. The van der Waals surface area contributed by atoms with Crippen LogP contribution in [-0.2, 0) is 0 Å². The lowest BCUT2D eigenvalue weighted by Crippen LogP contribution is -1.97. The van der Waals surface area contributed by atoms with E-state index >= 15 is 0 Å². The average Bonchev–Trinajstić information content (AvgIpc) is 2.77. The highest BCUT2D eigenvalue weighted by Gasteiger charge is 2.04. The number of ether oxygens (including phenoxy) is 2. The van der Waals surface area contributed by atoms with Crippen molar-refractivity contribution in [1.82, 2.24) is 14.9 Å². The molecule has 0 bridgehead atoms. The Morgan fingerprint density at radius 3 is 2.85 bits per heavy atom. The van der Waals surface area contributed by atoms with Crippen molar-refractivity contribution in [1.29, 1.82) is 0 Å². The summed E-state index contributed by atoms with van der Waals surface area (Å²) in [4.78, 5) is 0. The highest BCUT2D eigenvalue weighted by molar-refractivity contribution is 7.71.